The van der Waals surface area contributed by atoms with Crippen LogP contribution >= 0.6 is 0 Å². The molecule has 0 spiro atoms. The van der Waals surface area contributed by atoms with Crippen LogP contribution in [-0.4, -0.2) is 38.7 Å². The number of amides is 1. The standard InChI is InChI=1S/C20H22N4O/c25-20(13-17-12-18-4-1-2-5-19(18)21-14-17)23-10-6-16(7-11-23)15-24-9-3-8-22-24/h1-5,8-9,12,14,16H,6-7,10-11,13,15H2. The van der Waals surface area contributed by atoms with Gasteiger partial charge in [-0.25, -0.2) is 0 Å². The van der Waals surface area contributed by atoms with E-state index in [1.165, 1.54) is 0 Å². The third kappa shape index (κ3) is 3.71. The number of hydrogen-bond donors (Lipinski definition) is 0. The quantitative estimate of drug-likeness (QED) is 0.737. The molecule has 4 rings (SSSR count). The third-order valence-corrected chi connectivity index (χ3v) is 4.97. The van der Waals surface area contributed by atoms with Crippen molar-refractivity contribution in [3.05, 3.63) is 60.6 Å². The van der Waals surface area contributed by atoms with Gasteiger partial charge in [0.05, 0.1) is 11.9 Å². The van der Waals surface area contributed by atoms with Crippen molar-refractivity contribution in [2.45, 2.75) is 25.8 Å². The highest BCUT2D eigenvalue weighted by atomic mass is 16.2. The summed E-state index contributed by atoms with van der Waals surface area (Å²) in [6, 6.07) is 12.0. The maximum Gasteiger partial charge on any atom is 0.227 e. The Balaban J connectivity index is 1.33. The number of fused-ring (bicyclic) bond motifs is 1. The predicted molar refractivity (Wildman–Crippen MR) is 97.0 cm³/mol. The second-order valence-electron chi connectivity index (χ2n) is 6.77. The van der Waals surface area contributed by atoms with Crippen molar-refractivity contribution >= 4 is 16.8 Å². The fraction of sp³-hybridized carbons (Fsp3) is 0.350. The fourth-order valence-electron chi connectivity index (χ4n) is 3.54. The number of hydrogen-bond acceptors (Lipinski definition) is 3. The van der Waals surface area contributed by atoms with Gasteiger partial charge in [-0.3, -0.25) is 14.5 Å². The molecule has 3 aromatic rings. The molecule has 0 radical (unpaired) electrons. The normalized spacial score (nSPS) is 15.6. The van der Waals surface area contributed by atoms with E-state index in [1.54, 1.807) is 0 Å². The molecule has 0 atom stereocenters. The van der Waals surface area contributed by atoms with E-state index in [2.05, 4.69) is 16.1 Å². The number of para-hydroxylation sites is 1. The van der Waals surface area contributed by atoms with E-state index in [4.69, 9.17) is 0 Å². The fourth-order valence-corrected chi connectivity index (χ4v) is 3.54. The molecule has 5 nitrogen and oxygen atoms in total. The van der Waals surface area contributed by atoms with Crippen LogP contribution < -0.4 is 0 Å². The van der Waals surface area contributed by atoms with Crippen LogP contribution in [-0.2, 0) is 17.8 Å². The lowest BCUT2D eigenvalue weighted by molar-refractivity contribution is -0.131. The molecule has 0 saturated carbocycles. The number of benzene rings is 1. The number of rotatable bonds is 4. The molecule has 128 valence electrons. The van der Waals surface area contributed by atoms with Crippen LogP contribution in [0, 0.1) is 5.92 Å². The molecule has 1 aliphatic rings. The first-order valence-electron chi connectivity index (χ1n) is 8.87. The van der Waals surface area contributed by atoms with Crippen molar-refractivity contribution in [2.75, 3.05) is 13.1 Å². The number of likely N-dealkylation sites (tertiary alicyclic amines) is 1. The van der Waals surface area contributed by atoms with Crippen LogP contribution in [0.5, 0.6) is 0 Å². The molecule has 1 aliphatic heterocycles. The van der Waals surface area contributed by atoms with Crippen molar-refractivity contribution in [1.82, 2.24) is 19.7 Å². The number of aromatic nitrogens is 3. The first-order valence-corrected chi connectivity index (χ1v) is 8.87. The van der Waals surface area contributed by atoms with Gasteiger partial charge in [0.15, 0.2) is 0 Å². The minimum absolute atomic E-state index is 0.203. The van der Waals surface area contributed by atoms with Crippen LogP contribution in [0.25, 0.3) is 10.9 Å². The smallest absolute Gasteiger partial charge is 0.227 e. The second kappa shape index (κ2) is 7.05. The highest BCUT2D eigenvalue weighted by Crippen LogP contribution is 2.20. The number of pyridine rings is 1. The molecule has 1 fully saturated rings. The van der Waals surface area contributed by atoms with Crippen molar-refractivity contribution < 1.29 is 4.79 Å². The van der Waals surface area contributed by atoms with Crippen LogP contribution in [0.4, 0.5) is 0 Å². The summed E-state index contributed by atoms with van der Waals surface area (Å²) < 4.78 is 1.99. The first kappa shape index (κ1) is 15.8. The van der Waals surface area contributed by atoms with Crippen molar-refractivity contribution in [3.63, 3.8) is 0 Å². The molecular weight excluding hydrogens is 312 g/mol. The lowest BCUT2D eigenvalue weighted by atomic mass is 9.96. The molecule has 1 aromatic carbocycles. The van der Waals surface area contributed by atoms with Crippen LogP contribution in [0.1, 0.15) is 18.4 Å². The van der Waals surface area contributed by atoms with E-state index >= 15 is 0 Å². The van der Waals surface area contributed by atoms with Gasteiger partial charge in [0.2, 0.25) is 5.91 Å². The van der Waals surface area contributed by atoms with E-state index in [1.807, 2.05) is 58.5 Å². The van der Waals surface area contributed by atoms with Crippen LogP contribution in [0.2, 0.25) is 0 Å². The summed E-state index contributed by atoms with van der Waals surface area (Å²) in [5.74, 6) is 0.806. The molecule has 0 aliphatic carbocycles. The minimum atomic E-state index is 0.203. The Bertz CT molecular complexity index is 851. The Kier molecular flexibility index (Phi) is 4.46. The number of piperidine rings is 1. The Morgan fingerprint density at radius 2 is 2.00 bits per heavy atom. The molecule has 1 saturated heterocycles. The Labute approximate surface area is 147 Å². The minimum Gasteiger partial charge on any atom is -0.342 e. The first-order chi connectivity index (χ1) is 12.3. The summed E-state index contributed by atoms with van der Waals surface area (Å²) in [5.41, 5.74) is 1.96. The number of carbonyl (C=O) groups is 1. The lowest BCUT2D eigenvalue weighted by Gasteiger charge is -2.32. The van der Waals surface area contributed by atoms with Crippen molar-refractivity contribution in [3.8, 4) is 0 Å². The highest BCUT2D eigenvalue weighted by Gasteiger charge is 2.23. The van der Waals surface area contributed by atoms with E-state index in [9.17, 15) is 4.79 Å². The summed E-state index contributed by atoms with van der Waals surface area (Å²) in [6.07, 6.45) is 8.16. The Morgan fingerprint density at radius 3 is 2.80 bits per heavy atom. The molecule has 0 N–H and O–H groups in total. The van der Waals surface area contributed by atoms with Gasteiger partial charge < -0.3 is 4.90 Å². The number of carbonyl (C=O) groups excluding carboxylic acids is 1. The zero-order chi connectivity index (χ0) is 17.1. The van der Waals surface area contributed by atoms with Gasteiger partial charge in [0, 0.05) is 43.6 Å². The summed E-state index contributed by atoms with van der Waals surface area (Å²) in [6.45, 7) is 2.63. The average Bonchev–Trinajstić information content (AvgIpc) is 3.15. The summed E-state index contributed by atoms with van der Waals surface area (Å²) in [4.78, 5) is 19.1. The number of nitrogens with zero attached hydrogens (tertiary/aromatic N) is 4. The van der Waals surface area contributed by atoms with Gasteiger partial charge in [-0.1, -0.05) is 18.2 Å². The van der Waals surface area contributed by atoms with Crippen molar-refractivity contribution in [2.24, 2.45) is 5.92 Å². The maximum absolute atomic E-state index is 12.6. The molecule has 5 heteroatoms. The molecule has 3 heterocycles. The van der Waals surface area contributed by atoms with E-state index in [-0.39, 0.29) is 5.91 Å². The zero-order valence-electron chi connectivity index (χ0n) is 14.2. The Morgan fingerprint density at radius 1 is 1.16 bits per heavy atom. The Hall–Kier alpha value is -2.69. The molecule has 0 unspecified atom stereocenters. The van der Waals surface area contributed by atoms with Gasteiger partial charge in [0.1, 0.15) is 0 Å². The van der Waals surface area contributed by atoms with Crippen LogP contribution in [0.3, 0.4) is 0 Å². The molecule has 25 heavy (non-hydrogen) atoms. The van der Waals surface area contributed by atoms with Gasteiger partial charge in [0.25, 0.3) is 0 Å². The van der Waals surface area contributed by atoms with Gasteiger partial charge in [-0.15, -0.1) is 0 Å². The largest absolute Gasteiger partial charge is 0.342 e. The summed E-state index contributed by atoms with van der Waals surface area (Å²) in [5, 5.41) is 5.36. The van der Waals surface area contributed by atoms with E-state index in [0.717, 1.165) is 48.9 Å². The van der Waals surface area contributed by atoms with E-state index < -0.39 is 0 Å². The monoisotopic (exact) mass is 334 g/mol. The lowest BCUT2D eigenvalue weighted by Crippen LogP contribution is -2.40. The molecule has 1 amide bonds. The van der Waals surface area contributed by atoms with Crippen molar-refractivity contribution in [1.29, 1.82) is 0 Å². The second-order valence-corrected chi connectivity index (χ2v) is 6.77. The third-order valence-electron chi connectivity index (χ3n) is 4.97. The average molecular weight is 334 g/mol. The SMILES string of the molecule is O=C(Cc1cnc2ccccc2c1)N1CCC(Cn2cccn2)CC1. The van der Waals surface area contributed by atoms with E-state index in [0.29, 0.717) is 12.3 Å². The zero-order valence-corrected chi connectivity index (χ0v) is 14.2. The summed E-state index contributed by atoms with van der Waals surface area (Å²) in [7, 11) is 0. The molecule has 0 bridgehead atoms. The van der Waals surface area contributed by atoms with Gasteiger partial charge in [-0.2, -0.15) is 5.10 Å². The maximum atomic E-state index is 12.6. The van der Waals surface area contributed by atoms with Gasteiger partial charge in [-0.05, 0) is 42.5 Å². The summed E-state index contributed by atoms with van der Waals surface area (Å²) >= 11 is 0. The predicted octanol–water partition coefficient (Wildman–Crippen LogP) is 2.91. The van der Waals surface area contributed by atoms with Gasteiger partial charge >= 0.3 is 0 Å². The van der Waals surface area contributed by atoms with Crippen LogP contribution in [0.15, 0.2) is 55.0 Å². The molecule has 2 aromatic heterocycles. The topological polar surface area (TPSA) is 51.0 Å². The molecular formula is C20H22N4O. The highest BCUT2D eigenvalue weighted by molar-refractivity contribution is 5.82.